The van der Waals surface area contributed by atoms with Crippen molar-refractivity contribution in [1.82, 2.24) is 10.3 Å². The van der Waals surface area contributed by atoms with Gasteiger partial charge in [0.1, 0.15) is 11.6 Å². The highest BCUT2D eigenvalue weighted by Gasteiger charge is 2.31. The van der Waals surface area contributed by atoms with Crippen LogP contribution in [0.4, 0.5) is 15.9 Å². The van der Waals surface area contributed by atoms with E-state index in [1.54, 1.807) is 26.1 Å². The molecule has 3 atom stereocenters. The number of carbonyl (C=O) groups is 1. The number of rotatable bonds is 8. The number of hydrogen-bond acceptors (Lipinski definition) is 5. The predicted molar refractivity (Wildman–Crippen MR) is 133 cm³/mol. The van der Waals surface area contributed by atoms with Crippen molar-refractivity contribution in [2.24, 2.45) is 0 Å². The summed E-state index contributed by atoms with van der Waals surface area (Å²) in [6.07, 6.45) is 1.73. The maximum absolute atomic E-state index is 14.8. The zero-order valence-electron chi connectivity index (χ0n) is 19.7. The van der Waals surface area contributed by atoms with Crippen LogP contribution < -0.4 is 16.0 Å². The molecule has 6 nitrogen and oxygen atoms in total. The third-order valence-corrected chi connectivity index (χ3v) is 6.64. The molecule has 1 aromatic heterocycles. The van der Waals surface area contributed by atoms with Crippen molar-refractivity contribution in [3.63, 3.8) is 0 Å². The Bertz CT molecular complexity index is 1170. The number of carboxylic acid groups (broad SMARTS) is 1. The monoisotopic (exact) mass is 462 g/mol. The summed E-state index contributed by atoms with van der Waals surface area (Å²) in [5.74, 6) is -0.286. The summed E-state index contributed by atoms with van der Waals surface area (Å²) < 4.78 is 14.8. The lowest BCUT2D eigenvalue weighted by atomic mass is 9.83. The zero-order chi connectivity index (χ0) is 24.3. The fourth-order valence-electron chi connectivity index (χ4n) is 4.29. The highest BCUT2D eigenvalue weighted by molar-refractivity contribution is 5.80. The van der Waals surface area contributed by atoms with Crippen molar-refractivity contribution in [1.29, 1.82) is 0 Å². The van der Waals surface area contributed by atoms with Gasteiger partial charge >= 0.3 is 5.97 Å². The molecule has 1 aliphatic rings. The van der Waals surface area contributed by atoms with Gasteiger partial charge < -0.3 is 21.1 Å². The number of hydrogen-bond donors (Lipinski definition) is 4. The molecule has 0 saturated heterocycles. The van der Waals surface area contributed by atoms with Crippen LogP contribution in [0.15, 0.2) is 66.9 Å². The van der Waals surface area contributed by atoms with Crippen molar-refractivity contribution in [2.75, 3.05) is 23.7 Å². The molecule has 0 aliphatic carbocycles. The summed E-state index contributed by atoms with van der Waals surface area (Å²) in [5.41, 5.74) is 2.34. The first-order valence-corrected chi connectivity index (χ1v) is 11.5. The summed E-state index contributed by atoms with van der Waals surface area (Å²) in [7, 11) is 0. The number of nitrogens with zero attached hydrogens (tertiary/aromatic N) is 1. The predicted octanol–water partition coefficient (Wildman–Crippen LogP) is 4.92. The first-order chi connectivity index (χ1) is 16.3. The molecular weight excluding hydrogens is 431 g/mol. The highest BCUT2D eigenvalue weighted by atomic mass is 19.1. The second-order valence-electron chi connectivity index (χ2n) is 9.40. The fraction of sp³-hybridized carbons (Fsp3) is 0.333. The van der Waals surface area contributed by atoms with Crippen LogP contribution in [0.3, 0.4) is 0 Å². The van der Waals surface area contributed by atoms with E-state index in [1.165, 1.54) is 6.07 Å². The molecule has 2 heterocycles. The molecule has 0 saturated carbocycles. The topological polar surface area (TPSA) is 86.3 Å². The molecule has 0 radical (unpaired) electrons. The SMILES string of the molecule is C[C@H](CNC(c1ccccc1F)[C@H]1CNc2cccnc2N1)c1cccc(C(C)(C)C(=O)O)c1. The Balaban J connectivity index is 1.55. The minimum absolute atomic E-state index is 0.0841. The molecule has 2 aromatic carbocycles. The van der Waals surface area contributed by atoms with E-state index in [1.807, 2.05) is 48.5 Å². The quantitative estimate of drug-likeness (QED) is 0.380. The molecule has 0 fully saturated rings. The second kappa shape index (κ2) is 9.81. The van der Waals surface area contributed by atoms with Crippen molar-refractivity contribution in [3.05, 3.63) is 89.4 Å². The van der Waals surface area contributed by atoms with Gasteiger partial charge in [-0.1, -0.05) is 49.4 Å². The van der Waals surface area contributed by atoms with Crippen LogP contribution in [-0.4, -0.2) is 35.2 Å². The number of carboxylic acids is 1. The van der Waals surface area contributed by atoms with Crippen LogP contribution in [0.25, 0.3) is 0 Å². The first-order valence-electron chi connectivity index (χ1n) is 11.5. The number of anilines is 2. The second-order valence-corrected chi connectivity index (χ2v) is 9.40. The van der Waals surface area contributed by atoms with E-state index in [-0.39, 0.29) is 23.8 Å². The molecule has 1 unspecified atom stereocenters. The summed E-state index contributed by atoms with van der Waals surface area (Å²) in [5, 5.41) is 20.0. The number of halogens is 1. The Hall–Kier alpha value is -3.45. The third-order valence-electron chi connectivity index (χ3n) is 6.64. The number of benzene rings is 2. The van der Waals surface area contributed by atoms with Gasteiger partial charge in [0.2, 0.25) is 0 Å². The molecule has 0 amide bonds. The summed E-state index contributed by atoms with van der Waals surface area (Å²) in [6.45, 7) is 6.70. The lowest BCUT2D eigenvalue weighted by Gasteiger charge is -2.35. The van der Waals surface area contributed by atoms with Crippen LogP contribution in [0, 0.1) is 5.82 Å². The minimum atomic E-state index is -0.975. The number of nitrogens with one attached hydrogen (secondary N) is 3. The van der Waals surface area contributed by atoms with E-state index in [4.69, 9.17) is 0 Å². The maximum atomic E-state index is 14.8. The minimum Gasteiger partial charge on any atom is -0.481 e. The molecule has 7 heteroatoms. The van der Waals surface area contributed by atoms with Gasteiger partial charge in [-0.3, -0.25) is 4.79 Å². The van der Waals surface area contributed by atoms with Crippen LogP contribution in [0.5, 0.6) is 0 Å². The van der Waals surface area contributed by atoms with Crippen LogP contribution in [0.2, 0.25) is 0 Å². The van der Waals surface area contributed by atoms with Crippen LogP contribution in [0.1, 0.15) is 49.4 Å². The highest BCUT2D eigenvalue weighted by Crippen LogP contribution is 2.31. The average molecular weight is 463 g/mol. The molecule has 4 N–H and O–H groups in total. The Kier molecular flexibility index (Phi) is 6.84. The van der Waals surface area contributed by atoms with E-state index in [0.717, 1.165) is 22.6 Å². The Labute approximate surface area is 199 Å². The molecule has 3 aromatic rings. The summed E-state index contributed by atoms with van der Waals surface area (Å²) in [6, 6.07) is 18.0. The van der Waals surface area contributed by atoms with Gasteiger partial charge in [-0.05, 0) is 49.1 Å². The van der Waals surface area contributed by atoms with Gasteiger partial charge in [0.25, 0.3) is 0 Å². The van der Waals surface area contributed by atoms with Crippen molar-refractivity contribution in [2.45, 2.75) is 44.2 Å². The maximum Gasteiger partial charge on any atom is 0.313 e. The first kappa shape index (κ1) is 23.7. The van der Waals surface area contributed by atoms with Crippen molar-refractivity contribution in [3.8, 4) is 0 Å². The van der Waals surface area contributed by atoms with Crippen LogP contribution >= 0.6 is 0 Å². The zero-order valence-corrected chi connectivity index (χ0v) is 19.7. The largest absolute Gasteiger partial charge is 0.481 e. The van der Waals surface area contributed by atoms with E-state index >= 15 is 0 Å². The summed E-state index contributed by atoms with van der Waals surface area (Å²) >= 11 is 0. The smallest absolute Gasteiger partial charge is 0.313 e. The molecule has 1 aliphatic heterocycles. The number of aliphatic carboxylic acids is 1. The van der Waals surface area contributed by atoms with Gasteiger partial charge in [0.15, 0.2) is 0 Å². The Morgan fingerprint density at radius 1 is 1.21 bits per heavy atom. The van der Waals surface area contributed by atoms with Gasteiger partial charge in [-0.15, -0.1) is 0 Å². The van der Waals surface area contributed by atoms with Gasteiger partial charge in [0.05, 0.1) is 23.2 Å². The van der Waals surface area contributed by atoms with E-state index in [0.29, 0.717) is 18.7 Å². The molecule has 4 rings (SSSR count). The van der Waals surface area contributed by atoms with Crippen LogP contribution in [-0.2, 0) is 10.2 Å². The van der Waals surface area contributed by atoms with Crippen molar-refractivity contribution < 1.29 is 14.3 Å². The lowest BCUT2D eigenvalue weighted by Crippen LogP contribution is -2.45. The summed E-state index contributed by atoms with van der Waals surface area (Å²) in [4.78, 5) is 16.1. The number of aromatic nitrogens is 1. The molecular formula is C27H31FN4O2. The van der Waals surface area contributed by atoms with E-state index in [9.17, 15) is 14.3 Å². The van der Waals surface area contributed by atoms with E-state index < -0.39 is 11.4 Å². The average Bonchev–Trinajstić information content (AvgIpc) is 2.85. The molecule has 0 bridgehead atoms. The normalized spacial score (nSPS) is 17.1. The Morgan fingerprint density at radius 3 is 2.76 bits per heavy atom. The Morgan fingerprint density at radius 2 is 2.00 bits per heavy atom. The van der Waals surface area contributed by atoms with E-state index in [2.05, 4.69) is 27.9 Å². The lowest BCUT2D eigenvalue weighted by molar-refractivity contribution is -0.142. The van der Waals surface area contributed by atoms with Gasteiger partial charge in [-0.25, -0.2) is 9.37 Å². The fourth-order valence-corrected chi connectivity index (χ4v) is 4.29. The molecule has 0 spiro atoms. The van der Waals surface area contributed by atoms with Crippen molar-refractivity contribution >= 4 is 17.5 Å². The third kappa shape index (κ3) is 4.89. The number of fused-ring (bicyclic) bond motifs is 1. The van der Waals surface area contributed by atoms with Gasteiger partial charge in [-0.2, -0.15) is 0 Å². The molecule has 34 heavy (non-hydrogen) atoms. The van der Waals surface area contributed by atoms with Gasteiger partial charge in [0, 0.05) is 24.8 Å². The standard InChI is InChI=1S/C27H31FN4O2/c1-17(18-8-6-9-19(14-18)27(2,3)26(33)34)15-31-24(20-10-4-5-11-21(20)28)23-16-30-22-12-7-13-29-25(22)32-23/h4-14,17,23-24,30-31H,15-16H2,1-3H3,(H,29,32)(H,33,34)/t17-,23-,24?/m1/s1. The number of pyridine rings is 1. The molecule has 178 valence electrons.